The van der Waals surface area contributed by atoms with Crippen molar-refractivity contribution in [2.75, 3.05) is 6.54 Å². The summed E-state index contributed by atoms with van der Waals surface area (Å²) in [5, 5.41) is 8.55. The van der Waals surface area contributed by atoms with Crippen LogP contribution in [0.5, 0.6) is 0 Å². The topological polar surface area (TPSA) is 29.9 Å². The fourth-order valence-electron chi connectivity index (χ4n) is 3.27. The highest BCUT2D eigenvalue weighted by Gasteiger charge is 2.28. The molecule has 0 spiro atoms. The Morgan fingerprint density at radius 2 is 2.05 bits per heavy atom. The maximum atomic E-state index is 4.86. The van der Waals surface area contributed by atoms with Crippen molar-refractivity contribution in [2.24, 2.45) is 5.41 Å². The van der Waals surface area contributed by atoms with Crippen molar-refractivity contribution >= 4 is 0 Å². The van der Waals surface area contributed by atoms with E-state index in [0.717, 1.165) is 19.0 Å². The molecule has 20 heavy (non-hydrogen) atoms. The largest absolute Gasteiger partial charge is 0.313 e. The van der Waals surface area contributed by atoms with Crippen LogP contribution >= 0.6 is 0 Å². The van der Waals surface area contributed by atoms with E-state index in [1.54, 1.807) is 0 Å². The highest BCUT2D eigenvalue weighted by Crippen LogP contribution is 2.31. The van der Waals surface area contributed by atoms with Gasteiger partial charge in [-0.3, -0.25) is 4.68 Å². The Labute approximate surface area is 123 Å². The molecule has 0 amide bonds. The molecule has 0 saturated heterocycles. The van der Waals surface area contributed by atoms with Gasteiger partial charge in [-0.2, -0.15) is 5.10 Å². The van der Waals surface area contributed by atoms with Crippen LogP contribution in [0, 0.1) is 5.41 Å². The lowest BCUT2D eigenvalue weighted by Crippen LogP contribution is -2.34. The maximum absolute atomic E-state index is 4.86. The van der Waals surface area contributed by atoms with Gasteiger partial charge in [0, 0.05) is 18.8 Å². The van der Waals surface area contributed by atoms with E-state index >= 15 is 0 Å². The third-order valence-corrected chi connectivity index (χ3v) is 5.22. The third kappa shape index (κ3) is 3.43. The van der Waals surface area contributed by atoms with E-state index in [2.05, 4.69) is 36.1 Å². The zero-order valence-electron chi connectivity index (χ0n) is 13.1. The van der Waals surface area contributed by atoms with E-state index in [9.17, 15) is 0 Å². The van der Waals surface area contributed by atoms with Gasteiger partial charge in [0.2, 0.25) is 0 Å². The average Bonchev–Trinajstić information content (AvgIpc) is 2.91. The second-order valence-electron chi connectivity index (χ2n) is 7.22. The molecule has 1 aromatic heterocycles. The molecule has 1 aromatic rings. The molecular formula is C17H29N3. The lowest BCUT2D eigenvalue weighted by molar-refractivity contribution is 0.284. The summed E-state index contributed by atoms with van der Waals surface area (Å²) in [6.07, 6.45) is 12.6. The molecule has 0 aromatic carbocycles. The lowest BCUT2D eigenvalue weighted by atomic mass is 9.82. The summed E-state index contributed by atoms with van der Waals surface area (Å²) in [7, 11) is 0. The van der Waals surface area contributed by atoms with Crippen LogP contribution in [0.25, 0.3) is 0 Å². The minimum atomic E-state index is 0.345. The van der Waals surface area contributed by atoms with Gasteiger partial charge in [0.25, 0.3) is 0 Å². The monoisotopic (exact) mass is 275 g/mol. The molecular weight excluding hydrogens is 246 g/mol. The zero-order valence-corrected chi connectivity index (χ0v) is 13.1. The van der Waals surface area contributed by atoms with E-state index < -0.39 is 0 Å². The van der Waals surface area contributed by atoms with E-state index in [4.69, 9.17) is 5.10 Å². The molecule has 2 aliphatic carbocycles. The fraction of sp³-hybridized carbons (Fsp3) is 0.824. The van der Waals surface area contributed by atoms with E-state index in [-0.39, 0.29) is 0 Å². The SMILES string of the molecule is CCC(C)(CNC1CC1)Cc1ccn(C2CCCC2)n1. The summed E-state index contributed by atoms with van der Waals surface area (Å²) in [6.45, 7) is 5.84. The Bertz CT molecular complexity index is 429. The van der Waals surface area contributed by atoms with Gasteiger partial charge >= 0.3 is 0 Å². The van der Waals surface area contributed by atoms with Crippen molar-refractivity contribution in [3.8, 4) is 0 Å². The van der Waals surface area contributed by atoms with Gasteiger partial charge in [0.1, 0.15) is 0 Å². The average molecular weight is 275 g/mol. The Balaban J connectivity index is 1.59. The van der Waals surface area contributed by atoms with Crippen LogP contribution in [0.15, 0.2) is 12.3 Å². The second kappa shape index (κ2) is 5.88. The number of hydrogen-bond donors (Lipinski definition) is 1. The van der Waals surface area contributed by atoms with Crippen LogP contribution in [0.2, 0.25) is 0 Å². The maximum Gasteiger partial charge on any atom is 0.0630 e. The summed E-state index contributed by atoms with van der Waals surface area (Å²) < 4.78 is 2.23. The fourth-order valence-corrected chi connectivity index (χ4v) is 3.27. The lowest BCUT2D eigenvalue weighted by Gasteiger charge is -2.28. The Kier molecular flexibility index (Phi) is 4.16. The van der Waals surface area contributed by atoms with E-state index in [1.807, 2.05) is 0 Å². The van der Waals surface area contributed by atoms with Crippen LogP contribution in [-0.4, -0.2) is 22.4 Å². The van der Waals surface area contributed by atoms with Gasteiger partial charge in [-0.25, -0.2) is 0 Å². The first-order valence-corrected chi connectivity index (χ1v) is 8.46. The predicted octanol–water partition coefficient (Wildman–Crippen LogP) is 3.71. The molecule has 0 radical (unpaired) electrons. The quantitative estimate of drug-likeness (QED) is 0.822. The zero-order chi connectivity index (χ0) is 14.0. The smallest absolute Gasteiger partial charge is 0.0630 e. The number of aromatic nitrogens is 2. The molecule has 1 heterocycles. The highest BCUT2D eigenvalue weighted by atomic mass is 15.3. The first-order valence-electron chi connectivity index (χ1n) is 8.46. The van der Waals surface area contributed by atoms with Gasteiger partial charge in [-0.1, -0.05) is 26.7 Å². The van der Waals surface area contributed by atoms with Crippen molar-refractivity contribution < 1.29 is 0 Å². The predicted molar refractivity (Wildman–Crippen MR) is 82.9 cm³/mol. The molecule has 2 aliphatic rings. The van der Waals surface area contributed by atoms with Crippen LogP contribution in [-0.2, 0) is 6.42 Å². The molecule has 112 valence electrons. The first kappa shape index (κ1) is 14.1. The van der Waals surface area contributed by atoms with Gasteiger partial charge < -0.3 is 5.32 Å². The number of hydrogen-bond acceptors (Lipinski definition) is 2. The van der Waals surface area contributed by atoms with E-state index in [1.165, 1.54) is 50.6 Å². The number of nitrogens with zero attached hydrogens (tertiary/aromatic N) is 2. The molecule has 1 N–H and O–H groups in total. The minimum Gasteiger partial charge on any atom is -0.313 e. The molecule has 2 fully saturated rings. The Morgan fingerprint density at radius 1 is 1.30 bits per heavy atom. The molecule has 0 aliphatic heterocycles. The standard InChI is InChI=1S/C17H29N3/c1-3-17(2,13-18-14-8-9-14)12-15-10-11-20(19-15)16-6-4-5-7-16/h10-11,14,16,18H,3-9,12-13H2,1-2H3. The molecule has 2 saturated carbocycles. The van der Waals surface area contributed by atoms with Crippen molar-refractivity contribution in [1.29, 1.82) is 0 Å². The van der Waals surface area contributed by atoms with Crippen LogP contribution in [0.1, 0.15) is 70.5 Å². The van der Waals surface area contributed by atoms with Gasteiger partial charge in [-0.15, -0.1) is 0 Å². The summed E-state index contributed by atoms with van der Waals surface area (Å²) in [4.78, 5) is 0. The van der Waals surface area contributed by atoms with Crippen LogP contribution < -0.4 is 5.32 Å². The summed E-state index contributed by atoms with van der Waals surface area (Å²) in [5.74, 6) is 0. The Hall–Kier alpha value is -0.830. The molecule has 1 unspecified atom stereocenters. The second-order valence-corrected chi connectivity index (χ2v) is 7.22. The third-order valence-electron chi connectivity index (χ3n) is 5.22. The highest BCUT2D eigenvalue weighted by molar-refractivity contribution is 5.04. The molecule has 1 atom stereocenters. The van der Waals surface area contributed by atoms with Gasteiger partial charge in [0.15, 0.2) is 0 Å². The number of nitrogens with one attached hydrogen (secondary N) is 1. The van der Waals surface area contributed by atoms with Crippen molar-refractivity contribution in [3.63, 3.8) is 0 Å². The molecule has 0 bridgehead atoms. The van der Waals surface area contributed by atoms with Crippen molar-refractivity contribution in [3.05, 3.63) is 18.0 Å². The molecule has 3 rings (SSSR count). The first-order chi connectivity index (χ1) is 9.68. The number of rotatable bonds is 7. The summed E-state index contributed by atoms with van der Waals surface area (Å²) in [6, 6.07) is 3.71. The summed E-state index contributed by atoms with van der Waals surface area (Å²) in [5.41, 5.74) is 1.62. The molecule has 3 nitrogen and oxygen atoms in total. The Morgan fingerprint density at radius 3 is 2.70 bits per heavy atom. The van der Waals surface area contributed by atoms with Gasteiger partial charge in [-0.05, 0) is 50.0 Å². The van der Waals surface area contributed by atoms with Crippen LogP contribution in [0.3, 0.4) is 0 Å². The van der Waals surface area contributed by atoms with Crippen molar-refractivity contribution in [2.45, 2.75) is 77.3 Å². The molecule has 3 heteroatoms. The van der Waals surface area contributed by atoms with Crippen molar-refractivity contribution in [1.82, 2.24) is 15.1 Å². The van der Waals surface area contributed by atoms with Crippen LogP contribution in [0.4, 0.5) is 0 Å². The minimum absolute atomic E-state index is 0.345. The normalized spacial score (nSPS) is 23.1. The summed E-state index contributed by atoms with van der Waals surface area (Å²) >= 11 is 0. The van der Waals surface area contributed by atoms with E-state index in [0.29, 0.717) is 11.5 Å². The van der Waals surface area contributed by atoms with Gasteiger partial charge in [0.05, 0.1) is 11.7 Å².